The number of aliphatic carboxylic acids is 1. The number of rotatable bonds is 9. The molecule has 8 nitrogen and oxygen atoms in total. The minimum Gasteiger partial charge on any atom is -0.493 e. The van der Waals surface area contributed by atoms with Crippen molar-refractivity contribution >= 4 is 11.9 Å². The van der Waals surface area contributed by atoms with Crippen LogP contribution in [0.5, 0.6) is 11.5 Å². The molecule has 0 spiro atoms. The van der Waals surface area contributed by atoms with E-state index in [1.165, 1.54) is 4.90 Å². The van der Waals surface area contributed by atoms with E-state index in [2.05, 4.69) is 0 Å². The van der Waals surface area contributed by atoms with Gasteiger partial charge in [0.1, 0.15) is 12.6 Å². The molecule has 0 radical (unpaired) electrons. The van der Waals surface area contributed by atoms with Crippen molar-refractivity contribution in [2.75, 3.05) is 20.3 Å². The summed E-state index contributed by atoms with van der Waals surface area (Å²) in [6.45, 7) is 1.40. The number of carbonyl (C=O) groups is 2. The second-order valence-electron chi connectivity index (χ2n) is 9.45. The van der Waals surface area contributed by atoms with Crippen LogP contribution in [0.25, 0.3) is 0 Å². The van der Waals surface area contributed by atoms with Gasteiger partial charge in [0.05, 0.1) is 19.8 Å². The largest absolute Gasteiger partial charge is 0.493 e. The van der Waals surface area contributed by atoms with Gasteiger partial charge in [0.25, 0.3) is 5.91 Å². The van der Waals surface area contributed by atoms with Crippen molar-refractivity contribution in [3.63, 3.8) is 0 Å². The van der Waals surface area contributed by atoms with Crippen molar-refractivity contribution in [2.45, 2.75) is 44.2 Å². The van der Waals surface area contributed by atoms with Crippen molar-refractivity contribution < 1.29 is 33.6 Å². The molecule has 5 rings (SSSR count). The van der Waals surface area contributed by atoms with E-state index in [1.807, 2.05) is 66.7 Å². The Labute approximate surface area is 221 Å². The molecule has 0 bridgehead atoms. The molecule has 1 N–H and O–H groups in total. The minimum atomic E-state index is -1.09. The fraction of sp³-hybridized carbons (Fsp3) is 0.333. The maximum atomic E-state index is 14.0. The molecule has 1 amide bonds. The molecule has 2 unspecified atom stereocenters. The number of methoxy groups -OCH3 is 1. The van der Waals surface area contributed by atoms with Gasteiger partial charge in [-0.1, -0.05) is 66.7 Å². The van der Waals surface area contributed by atoms with Crippen LogP contribution in [0.4, 0.5) is 0 Å². The van der Waals surface area contributed by atoms with Crippen molar-refractivity contribution in [2.24, 2.45) is 0 Å². The summed E-state index contributed by atoms with van der Waals surface area (Å²) in [5.74, 6) is -0.443. The molecular formula is C30H31NO7. The Morgan fingerprint density at radius 3 is 2.45 bits per heavy atom. The number of carbonyl (C=O) groups excluding carboxylic acids is 1. The normalized spacial score (nSPS) is 19.4. The molecule has 3 aromatic carbocycles. The SMILES string of the molecule is COc1ccc2c(c1OCc1ccccc1)C[C@@H](C(=O)O)N(C(=O)C(OC1CCOC1)c1ccccc1)C2. The van der Waals surface area contributed by atoms with Gasteiger partial charge in [-0.05, 0) is 29.2 Å². The fourth-order valence-electron chi connectivity index (χ4n) is 4.99. The summed E-state index contributed by atoms with van der Waals surface area (Å²) in [7, 11) is 1.55. The number of hydrogen-bond acceptors (Lipinski definition) is 6. The van der Waals surface area contributed by atoms with Crippen LogP contribution in [-0.4, -0.2) is 54.4 Å². The Kier molecular flexibility index (Phi) is 7.91. The van der Waals surface area contributed by atoms with E-state index in [-0.39, 0.29) is 25.0 Å². The lowest BCUT2D eigenvalue weighted by Gasteiger charge is -2.37. The first-order valence-electron chi connectivity index (χ1n) is 12.7. The Morgan fingerprint density at radius 1 is 1.05 bits per heavy atom. The third kappa shape index (κ3) is 5.51. The number of carboxylic acid groups (broad SMARTS) is 1. The molecule has 2 aliphatic rings. The predicted molar refractivity (Wildman–Crippen MR) is 139 cm³/mol. The Bertz CT molecular complexity index is 1260. The number of ether oxygens (including phenoxy) is 4. The maximum Gasteiger partial charge on any atom is 0.326 e. The summed E-state index contributed by atoms with van der Waals surface area (Å²) in [5, 5.41) is 10.2. The van der Waals surface area contributed by atoms with Gasteiger partial charge in [-0.25, -0.2) is 4.79 Å². The van der Waals surface area contributed by atoms with Gasteiger partial charge >= 0.3 is 5.97 Å². The predicted octanol–water partition coefficient (Wildman–Crippen LogP) is 4.16. The van der Waals surface area contributed by atoms with Crippen LogP contribution in [0.2, 0.25) is 0 Å². The molecule has 1 fully saturated rings. The quantitative estimate of drug-likeness (QED) is 0.456. The third-order valence-corrected chi connectivity index (χ3v) is 6.99. The summed E-state index contributed by atoms with van der Waals surface area (Å²) in [6, 6.07) is 21.5. The molecule has 2 heterocycles. The highest BCUT2D eigenvalue weighted by molar-refractivity contribution is 5.88. The van der Waals surface area contributed by atoms with E-state index < -0.39 is 18.1 Å². The Balaban J connectivity index is 1.46. The summed E-state index contributed by atoms with van der Waals surface area (Å²) >= 11 is 0. The standard InChI is InChI=1S/C30H31NO7/c1-35-26-13-12-22-17-31(29(32)27(21-10-6-3-7-11-21)38-23-14-15-36-19-23)25(30(33)34)16-24(22)28(26)37-18-20-8-4-2-5-9-20/h2-13,23,25,27H,14-19H2,1H3,(H,33,34)/t23?,25-,27?/m0/s1. The topological polar surface area (TPSA) is 94.5 Å². The zero-order valence-electron chi connectivity index (χ0n) is 21.2. The van der Waals surface area contributed by atoms with Crippen LogP contribution in [0.1, 0.15) is 34.8 Å². The Morgan fingerprint density at radius 2 is 1.79 bits per heavy atom. The molecule has 3 aromatic rings. The highest BCUT2D eigenvalue weighted by atomic mass is 16.6. The number of carboxylic acids is 1. The highest BCUT2D eigenvalue weighted by Gasteiger charge is 2.41. The molecular weight excluding hydrogens is 486 g/mol. The number of hydrogen-bond donors (Lipinski definition) is 1. The molecule has 0 saturated carbocycles. The molecule has 8 heteroatoms. The van der Waals surface area contributed by atoms with Crippen LogP contribution >= 0.6 is 0 Å². The van der Waals surface area contributed by atoms with E-state index in [9.17, 15) is 14.7 Å². The summed E-state index contributed by atoms with van der Waals surface area (Å²) in [5.41, 5.74) is 3.21. The molecule has 2 aliphatic heterocycles. The van der Waals surface area contributed by atoms with E-state index in [1.54, 1.807) is 13.2 Å². The van der Waals surface area contributed by atoms with Gasteiger partial charge in [-0.3, -0.25) is 4.79 Å². The van der Waals surface area contributed by atoms with Crippen molar-refractivity contribution in [3.05, 3.63) is 95.1 Å². The monoisotopic (exact) mass is 517 g/mol. The average molecular weight is 518 g/mol. The molecule has 1 saturated heterocycles. The zero-order valence-corrected chi connectivity index (χ0v) is 21.2. The smallest absolute Gasteiger partial charge is 0.326 e. The van der Waals surface area contributed by atoms with Crippen molar-refractivity contribution in [3.8, 4) is 11.5 Å². The molecule has 0 aliphatic carbocycles. The van der Waals surface area contributed by atoms with E-state index in [0.29, 0.717) is 43.3 Å². The van der Waals surface area contributed by atoms with Gasteiger partial charge in [0, 0.05) is 25.1 Å². The Hall–Kier alpha value is -3.88. The molecule has 38 heavy (non-hydrogen) atoms. The van der Waals surface area contributed by atoms with Gasteiger partial charge < -0.3 is 29.0 Å². The second-order valence-corrected chi connectivity index (χ2v) is 9.45. The maximum absolute atomic E-state index is 14.0. The van der Waals surface area contributed by atoms with Crippen LogP contribution in [0.3, 0.4) is 0 Å². The lowest BCUT2D eigenvalue weighted by molar-refractivity contribution is -0.160. The van der Waals surface area contributed by atoms with E-state index >= 15 is 0 Å². The first-order chi connectivity index (χ1) is 18.5. The van der Waals surface area contributed by atoms with Crippen LogP contribution in [0, 0.1) is 0 Å². The van der Waals surface area contributed by atoms with Crippen molar-refractivity contribution in [1.29, 1.82) is 0 Å². The first kappa shape index (κ1) is 25.8. The van der Waals surface area contributed by atoms with E-state index in [0.717, 1.165) is 16.7 Å². The number of amides is 1. The van der Waals surface area contributed by atoms with Gasteiger partial charge in [-0.15, -0.1) is 0 Å². The second kappa shape index (κ2) is 11.7. The number of benzene rings is 3. The summed E-state index contributed by atoms with van der Waals surface area (Å²) in [6.07, 6.45) is -0.389. The van der Waals surface area contributed by atoms with Crippen molar-refractivity contribution in [1.82, 2.24) is 4.90 Å². The van der Waals surface area contributed by atoms with Crippen LogP contribution in [0.15, 0.2) is 72.8 Å². The zero-order chi connectivity index (χ0) is 26.5. The first-order valence-corrected chi connectivity index (χ1v) is 12.7. The fourth-order valence-corrected chi connectivity index (χ4v) is 4.99. The summed E-state index contributed by atoms with van der Waals surface area (Å²) in [4.78, 5) is 27.9. The number of fused-ring (bicyclic) bond motifs is 1. The molecule has 3 atom stereocenters. The van der Waals surface area contributed by atoms with Gasteiger partial charge in [0.15, 0.2) is 17.6 Å². The lowest BCUT2D eigenvalue weighted by Crippen LogP contribution is -2.51. The summed E-state index contributed by atoms with van der Waals surface area (Å²) < 4.78 is 23.4. The third-order valence-electron chi connectivity index (χ3n) is 6.99. The highest BCUT2D eigenvalue weighted by Crippen LogP contribution is 2.40. The lowest BCUT2D eigenvalue weighted by atomic mass is 9.91. The average Bonchev–Trinajstić information content (AvgIpc) is 3.48. The molecule has 0 aromatic heterocycles. The van der Waals surface area contributed by atoms with Gasteiger partial charge in [-0.2, -0.15) is 0 Å². The van der Waals surface area contributed by atoms with E-state index in [4.69, 9.17) is 18.9 Å². The molecule has 198 valence electrons. The van der Waals surface area contributed by atoms with Crippen LogP contribution < -0.4 is 9.47 Å². The van der Waals surface area contributed by atoms with Gasteiger partial charge in [0.2, 0.25) is 0 Å². The number of nitrogens with zero attached hydrogens (tertiary/aromatic N) is 1. The van der Waals surface area contributed by atoms with Crippen LogP contribution in [-0.2, 0) is 38.6 Å². The minimum absolute atomic E-state index is 0.0891.